The average molecular weight is 363 g/mol. The Morgan fingerprint density at radius 3 is 2.11 bits per heavy atom. The van der Waals surface area contributed by atoms with Gasteiger partial charge in [0, 0.05) is 0 Å². The third-order valence-corrected chi connectivity index (χ3v) is 5.89. The summed E-state index contributed by atoms with van der Waals surface area (Å²) in [5, 5.41) is 0. The van der Waals surface area contributed by atoms with Crippen LogP contribution in [0.2, 0.25) is 0 Å². The van der Waals surface area contributed by atoms with Gasteiger partial charge in [-0.3, -0.25) is 0 Å². The molecule has 0 nitrogen and oxygen atoms in total. The van der Waals surface area contributed by atoms with Gasteiger partial charge in [-0.05, 0) is 105 Å². The fraction of sp³-hybridized carbons (Fsp3) is 0.481. The van der Waals surface area contributed by atoms with Crippen LogP contribution in [0.15, 0.2) is 42.5 Å². The molecule has 1 atom stereocenters. The van der Waals surface area contributed by atoms with Crippen molar-refractivity contribution in [3.63, 3.8) is 0 Å². The van der Waals surface area contributed by atoms with E-state index in [9.17, 15) is 0 Å². The fourth-order valence-corrected chi connectivity index (χ4v) is 4.24. The van der Waals surface area contributed by atoms with Crippen LogP contribution in [0, 0.1) is 26.7 Å². The monoisotopic (exact) mass is 362 g/mol. The van der Waals surface area contributed by atoms with Crippen molar-refractivity contribution < 1.29 is 0 Å². The Hall–Kier alpha value is -1.82. The van der Waals surface area contributed by atoms with Gasteiger partial charge in [0.25, 0.3) is 0 Å². The molecule has 27 heavy (non-hydrogen) atoms. The minimum absolute atomic E-state index is 0.648. The molecule has 0 aliphatic rings. The molecule has 0 radical (unpaired) electrons. The first kappa shape index (κ1) is 21.5. The summed E-state index contributed by atoms with van der Waals surface area (Å²) in [6.45, 7) is 17.8. The second-order valence-corrected chi connectivity index (χ2v) is 8.58. The minimum atomic E-state index is 0.648. The topological polar surface area (TPSA) is 0 Å². The van der Waals surface area contributed by atoms with E-state index in [1.165, 1.54) is 46.2 Å². The van der Waals surface area contributed by atoms with E-state index in [2.05, 4.69) is 78.5 Å². The van der Waals surface area contributed by atoms with Crippen LogP contribution in [0.5, 0.6) is 0 Å². The van der Waals surface area contributed by atoms with Gasteiger partial charge in [-0.15, -0.1) is 6.58 Å². The molecule has 0 spiro atoms. The Bertz CT molecular complexity index is 759. The van der Waals surface area contributed by atoms with Crippen molar-refractivity contribution in [3.05, 3.63) is 81.4 Å². The van der Waals surface area contributed by atoms with Crippen LogP contribution < -0.4 is 0 Å². The Balaban J connectivity index is 2.22. The molecule has 0 N–H and O–H groups in total. The molecule has 0 heterocycles. The molecular weight excluding hydrogens is 324 g/mol. The van der Waals surface area contributed by atoms with Crippen LogP contribution in [0.4, 0.5) is 0 Å². The second-order valence-electron chi connectivity index (χ2n) is 8.58. The highest BCUT2D eigenvalue weighted by Crippen LogP contribution is 2.26. The summed E-state index contributed by atoms with van der Waals surface area (Å²) in [7, 11) is 0. The number of rotatable bonds is 9. The lowest BCUT2D eigenvalue weighted by atomic mass is 9.85. The van der Waals surface area contributed by atoms with Gasteiger partial charge in [0.15, 0.2) is 0 Å². The van der Waals surface area contributed by atoms with Crippen molar-refractivity contribution in [3.8, 4) is 0 Å². The summed E-state index contributed by atoms with van der Waals surface area (Å²) >= 11 is 0. The van der Waals surface area contributed by atoms with Gasteiger partial charge in [0.05, 0.1) is 0 Å². The van der Waals surface area contributed by atoms with Gasteiger partial charge in [-0.25, -0.2) is 0 Å². The molecule has 0 aliphatic heterocycles. The van der Waals surface area contributed by atoms with E-state index in [1.807, 2.05) is 0 Å². The van der Waals surface area contributed by atoms with Gasteiger partial charge in [-0.1, -0.05) is 56.2 Å². The summed E-state index contributed by atoms with van der Waals surface area (Å²) < 4.78 is 0. The second kappa shape index (κ2) is 9.93. The lowest BCUT2D eigenvalue weighted by Crippen LogP contribution is -2.09. The summed E-state index contributed by atoms with van der Waals surface area (Å²) in [5.41, 5.74) is 11.9. The zero-order valence-corrected chi connectivity index (χ0v) is 18.4. The molecule has 0 heteroatoms. The van der Waals surface area contributed by atoms with Crippen LogP contribution in [-0.2, 0) is 25.7 Å². The molecule has 0 saturated carbocycles. The van der Waals surface area contributed by atoms with Crippen molar-refractivity contribution in [2.24, 2.45) is 5.92 Å². The maximum Gasteiger partial charge on any atom is -0.0236 e. The van der Waals surface area contributed by atoms with Crippen LogP contribution in [-0.4, -0.2) is 0 Å². The fourth-order valence-electron chi connectivity index (χ4n) is 4.24. The van der Waals surface area contributed by atoms with E-state index < -0.39 is 0 Å². The van der Waals surface area contributed by atoms with E-state index in [0.29, 0.717) is 5.92 Å². The van der Waals surface area contributed by atoms with Gasteiger partial charge in [-0.2, -0.15) is 0 Å². The highest BCUT2D eigenvalue weighted by Gasteiger charge is 2.14. The number of hydrogen-bond donors (Lipinski definition) is 0. The molecule has 0 amide bonds. The van der Waals surface area contributed by atoms with Crippen molar-refractivity contribution in [1.29, 1.82) is 0 Å². The summed E-state index contributed by atoms with van der Waals surface area (Å²) in [6.07, 6.45) is 6.95. The van der Waals surface area contributed by atoms with E-state index in [1.54, 1.807) is 11.1 Å². The van der Waals surface area contributed by atoms with Crippen molar-refractivity contribution in [1.82, 2.24) is 0 Å². The lowest BCUT2D eigenvalue weighted by molar-refractivity contribution is 0.571. The molecule has 2 aromatic rings. The standard InChI is InChI=1S/C27H38/c1-8-10-24-14-15-25(23(7)26(24)16-13-19(2)3)17-20(4)18-27-21(5)11-9-12-22(27)6/h9,11-12,14-15,20H,2,8,10,13,16-18H2,1,3-7H3. The van der Waals surface area contributed by atoms with Crippen LogP contribution in [0.3, 0.4) is 0 Å². The largest absolute Gasteiger partial charge is 0.100 e. The third kappa shape index (κ3) is 5.83. The number of benzene rings is 2. The maximum absolute atomic E-state index is 4.11. The third-order valence-electron chi connectivity index (χ3n) is 5.89. The molecule has 0 fully saturated rings. The smallest absolute Gasteiger partial charge is 0.0236 e. The molecule has 0 aliphatic carbocycles. The van der Waals surface area contributed by atoms with Crippen LogP contribution in [0.1, 0.15) is 72.6 Å². The molecule has 1 unspecified atom stereocenters. The molecule has 2 aromatic carbocycles. The lowest BCUT2D eigenvalue weighted by Gasteiger charge is -2.20. The first-order chi connectivity index (χ1) is 12.8. The molecule has 2 rings (SSSR count). The van der Waals surface area contributed by atoms with E-state index in [0.717, 1.165) is 25.7 Å². The van der Waals surface area contributed by atoms with Gasteiger partial charge in [0.1, 0.15) is 0 Å². The minimum Gasteiger partial charge on any atom is -0.100 e. The Morgan fingerprint density at radius 2 is 1.52 bits per heavy atom. The van der Waals surface area contributed by atoms with Crippen molar-refractivity contribution >= 4 is 0 Å². The first-order valence-electron chi connectivity index (χ1n) is 10.6. The predicted octanol–water partition coefficient (Wildman–Crippen LogP) is 7.49. The number of hydrogen-bond acceptors (Lipinski definition) is 0. The van der Waals surface area contributed by atoms with Gasteiger partial charge in [0.2, 0.25) is 0 Å². The van der Waals surface area contributed by atoms with E-state index >= 15 is 0 Å². The average Bonchev–Trinajstić information content (AvgIpc) is 2.60. The highest BCUT2D eigenvalue weighted by atomic mass is 14.2. The van der Waals surface area contributed by atoms with Crippen LogP contribution in [0.25, 0.3) is 0 Å². The molecular formula is C27H38. The Labute approximate surface area is 167 Å². The highest BCUT2D eigenvalue weighted by molar-refractivity contribution is 5.41. The summed E-state index contributed by atoms with van der Waals surface area (Å²) in [5.74, 6) is 0.648. The van der Waals surface area contributed by atoms with Crippen LogP contribution >= 0.6 is 0 Å². The SMILES string of the molecule is C=C(C)CCc1c(CCC)ccc(CC(C)Cc2c(C)cccc2C)c1C. The zero-order chi connectivity index (χ0) is 20.0. The number of aryl methyl sites for hydroxylation is 3. The molecule has 0 saturated heterocycles. The Morgan fingerprint density at radius 1 is 0.889 bits per heavy atom. The maximum atomic E-state index is 4.11. The van der Waals surface area contributed by atoms with Gasteiger partial charge < -0.3 is 0 Å². The van der Waals surface area contributed by atoms with Crippen molar-refractivity contribution in [2.75, 3.05) is 0 Å². The summed E-state index contributed by atoms with van der Waals surface area (Å²) in [6, 6.07) is 11.4. The van der Waals surface area contributed by atoms with E-state index in [-0.39, 0.29) is 0 Å². The summed E-state index contributed by atoms with van der Waals surface area (Å²) in [4.78, 5) is 0. The van der Waals surface area contributed by atoms with Crippen molar-refractivity contribution in [2.45, 2.75) is 80.1 Å². The zero-order valence-electron chi connectivity index (χ0n) is 18.4. The molecule has 0 aromatic heterocycles. The molecule has 146 valence electrons. The van der Waals surface area contributed by atoms with E-state index in [4.69, 9.17) is 0 Å². The molecule has 0 bridgehead atoms. The first-order valence-corrected chi connectivity index (χ1v) is 10.6. The normalized spacial score (nSPS) is 12.2. The quantitative estimate of drug-likeness (QED) is 0.405. The van der Waals surface area contributed by atoms with Gasteiger partial charge >= 0.3 is 0 Å². The number of allylic oxidation sites excluding steroid dienone is 1. The Kier molecular flexibility index (Phi) is 7.90. The predicted molar refractivity (Wildman–Crippen MR) is 121 cm³/mol.